The smallest absolute Gasteiger partial charge is 0.195 e. The van der Waals surface area contributed by atoms with Gasteiger partial charge < -0.3 is 0 Å². The number of aromatic nitrogens is 4. The monoisotopic (exact) mass is 138 g/mol. The second-order valence-corrected chi connectivity index (χ2v) is 2.28. The fourth-order valence-corrected chi connectivity index (χ4v) is 1.04. The summed E-state index contributed by atoms with van der Waals surface area (Å²) in [7, 11) is 0. The van der Waals surface area contributed by atoms with Gasteiger partial charge in [-0.05, 0) is 22.8 Å². The lowest BCUT2D eigenvalue weighted by atomic mass is 10.5. The minimum Gasteiger partial charge on any atom is -0.234 e. The average molecular weight is 138 g/mol. The highest BCUT2D eigenvalue weighted by Gasteiger charge is 2.03. The number of hydrogen-bond acceptors (Lipinski definition) is 5. The van der Waals surface area contributed by atoms with Gasteiger partial charge in [-0.2, -0.15) is 0 Å². The van der Waals surface area contributed by atoms with E-state index in [2.05, 4.69) is 19.8 Å². The predicted molar refractivity (Wildman–Crippen MR) is 32.1 cm³/mol. The van der Waals surface area contributed by atoms with Gasteiger partial charge in [0.1, 0.15) is 0 Å². The van der Waals surface area contributed by atoms with Crippen LogP contribution in [0.3, 0.4) is 0 Å². The van der Waals surface area contributed by atoms with E-state index in [4.69, 9.17) is 0 Å². The van der Waals surface area contributed by atoms with Crippen LogP contribution >= 0.6 is 11.5 Å². The Bertz CT molecular complexity index is 253. The summed E-state index contributed by atoms with van der Waals surface area (Å²) in [4.78, 5) is 4.89. The SMILES string of the molecule is c1cc2snnnc-2n1. The first-order chi connectivity index (χ1) is 4.47. The average Bonchev–Trinajstić information content (AvgIpc) is 2.33. The number of fused-ring (bicyclic) bond motifs is 1. The largest absolute Gasteiger partial charge is 0.234 e. The van der Waals surface area contributed by atoms with Crippen molar-refractivity contribution in [3.63, 3.8) is 0 Å². The van der Waals surface area contributed by atoms with E-state index in [0.717, 1.165) is 4.88 Å². The van der Waals surface area contributed by atoms with Crippen molar-refractivity contribution in [1.29, 1.82) is 0 Å². The van der Waals surface area contributed by atoms with Gasteiger partial charge in [0.15, 0.2) is 5.82 Å². The number of nitrogens with zero attached hydrogens (tertiary/aromatic N) is 4. The molecule has 0 amide bonds. The van der Waals surface area contributed by atoms with Crippen molar-refractivity contribution in [2.24, 2.45) is 0 Å². The molecule has 2 rings (SSSR count). The van der Waals surface area contributed by atoms with Crippen molar-refractivity contribution in [2.75, 3.05) is 0 Å². The molecule has 0 unspecified atom stereocenters. The second-order valence-electron chi connectivity index (χ2n) is 1.50. The molecule has 5 heteroatoms. The van der Waals surface area contributed by atoms with Crippen LogP contribution in [0.15, 0.2) is 12.3 Å². The summed E-state index contributed by atoms with van der Waals surface area (Å²) >= 11 is 1.30. The molecule has 0 radical (unpaired) electrons. The maximum atomic E-state index is 3.92. The molecule has 0 fully saturated rings. The van der Waals surface area contributed by atoms with E-state index in [1.54, 1.807) is 6.20 Å². The summed E-state index contributed by atoms with van der Waals surface area (Å²) in [6, 6.07) is 1.86. The lowest BCUT2D eigenvalue weighted by molar-refractivity contribution is 0.913. The van der Waals surface area contributed by atoms with Gasteiger partial charge in [-0.1, -0.05) is 4.49 Å². The van der Waals surface area contributed by atoms with Gasteiger partial charge in [0.25, 0.3) is 0 Å². The quantitative estimate of drug-likeness (QED) is 0.529. The summed E-state index contributed by atoms with van der Waals surface area (Å²) < 4.78 is 3.63. The highest BCUT2D eigenvalue weighted by atomic mass is 32.1. The highest BCUT2D eigenvalue weighted by molar-refractivity contribution is 7.09. The lowest BCUT2D eigenvalue weighted by Gasteiger charge is -1.85. The van der Waals surface area contributed by atoms with Crippen molar-refractivity contribution >= 4 is 11.5 Å². The zero-order valence-electron chi connectivity index (χ0n) is 4.35. The van der Waals surface area contributed by atoms with Crippen LogP contribution in [0.2, 0.25) is 0 Å². The first-order valence-corrected chi connectivity index (χ1v) is 3.14. The number of hydrogen-bond donors (Lipinski definition) is 0. The van der Waals surface area contributed by atoms with Crippen LogP contribution in [0, 0.1) is 0 Å². The van der Waals surface area contributed by atoms with Crippen LogP contribution in [0.1, 0.15) is 0 Å². The first-order valence-electron chi connectivity index (χ1n) is 2.36. The Balaban J connectivity index is 2.79. The van der Waals surface area contributed by atoms with Gasteiger partial charge in [0.05, 0.1) is 4.88 Å². The van der Waals surface area contributed by atoms with Crippen LogP contribution in [0.4, 0.5) is 0 Å². The molecule has 0 aromatic carbocycles. The molecule has 0 aliphatic carbocycles. The summed E-state index contributed by atoms with van der Waals surface area (Å²) in [5.74, 6) is 0.676. The summed E-state index contributed by atoms with van der Waals surface area (Å²) in [5, 5.41) is 7.12. The van der Waals surface area contributed by atoms with Crippen molar-refractivity contribution in [1.82, 2.24) is 19.8 Å². The van der Waals surface area contributed by atoms with Crippen LogP contribution < -0.4 is 0 Å². The zero-order chi connectivity index (χ0) is 6.10. The molecule has 0 N–H and O–H groups in total. The van der Waals surface area contributed by atoms with E-state index in [1.807, 2.05) is 6.07 Å². The third-order valence-corrected chi connectivity index (χ3v) is 1.63. The third-order valence-electron chi connectivity index (χ3n) is 0.958. The maximum absolute atomic E-state index is 3.92. The topological polar surface area (TPSA) is 51.6 Å². The second kappa shape index (κ2) is 1.70. The normalized spacial score (nSPS) is 10.2. The molecule has 2 heterocycles. The van der Waals surface area contributed by atoms with E-state index in [1.165, 1.54) is 11.5 Å². The summed E-state index contributed by atoms with van der Waals surface area (Å²) in [5.41, 5.74) is 0. The Morgan fingerprint density at radius 3 is 3.33 bits per heavy atom. The molecule has 0 bridgehead atoms. The van der Waals surface area contributed by atoms with E-state index in [-0.39, 0.29) is 0 Å². The van der Waals surface area contributed by atoms with Gasteiger partial charge >= 0.3 is 0 Å². The lowest BCUT2D eigenvalue weighted by Crippen LogP contribution is -1.86. The number of rotatable bonds is 0. The Hall–Kier alpha value is -1.10. The fraction of sp³-hybridized carbons (Fsp3) is 0. The van der Waals surface area contributed by atoms with Crippen LogP contribution in [-0.4, -0.2) is 19.8 Å². The van der Waals surface area contributed by atoms with E-state index < -0.39 is 0 Å². The molecule has 44 valence electrons. The molecule has 2 aliphatic rings. The van der Waals surface area contributed by atoms with Crippen LogP contribution in [-0.2, 0) is 0 Å². The summed E-state index contributed by atoms with van der Waals surface area (Å²) in [6.45, 7) is 0. The summed E-state index contributed by atoms with van der Waals surface area (Å²) in [6.07, 6.45) is 1.69. The third kappa shape index (κ3) is 0.655. The Morgan fingerprint density at radius 2 is 2.44 bits per heavy atom. The Kier molecular flexibility index (Phi) is 0.895. The van der Waals surface area contributed by atoms with Gasteiger partial charge in [0.2, 0.25) is 0 Å². The molecule has 0 spiro atoms. The first kappa shape index (κ1) is 4.75. The van der Waals surface area contributed by atoms with Gasteiger partial charge in [-0.3, -0.25) is 0 Å². The minimum atomic E-state index is 0.676. The van der Waals surface area contributed by atoms with Crippen molar-refractivity contribution in [2.45, 2.75) is 0 Å². The Morgan fingerprint density at radius 1 is 1.44 bits per heavy atom. The fourth-order valence-electron chi connectivity index (χ4n) is 0.583. The van der Waals surface area contributed by atoms with Crippen molar-refractivity contribution in [3.05, 3.63) is 12.3 Å². The van der Waals surface area contributed by atoms with Gasteiger partial charge in [-0.15, -0.1) is 5.10 Å². The molecule has 0 aromatic heterocycles. The van der Waals surface area contributed by atoms with Crippen molar-refractivity contribution < 1.29 is 0 Å². The minimum absolute atomic E-state index is 0.676. The maximum Gasteiger partial charge on any atom is 0.195 e. The van der Waals surface area contributed by atoms with Crippen LogP contribution in [0.5, 0.6) is 0 Å². The molecular formula is C4H2N4S. The molecule has 0 saturated carbocycles. The zero-order valence-corrected chi connectivity index (χ0v) is 5.17. The van der Waals surface area contributed by atoms with Crippen molar-refractivity contribution in [3.8, 4) is 10.7 Å². The molecule has 9 heavy (non-hydrogen) atoms. The van der Waals surface area contributed by atoms with E-state index >= 15 is 0 Å². The molecule has 0 atom stereocenters. The molecule has 2 aliphatic heterocycles. The van der Waals surface area contributed by atoms with Gasteiger partial charge in [-0.25, -0.2) is 4.98 Å². The van der Waals surface area contributed by atoms with E-state index in [9.17, 15) is 0 Å². The molecule has 0 aromatic rings. The molecule has 0 saturated heterocycles. The molecular weight excluding hydrogens is 136 g/mol. The Labute approximate surface area is 55.1 Å². The van der Waals surface area contributed by atoms with Crippen LogP contribution in [0.25, 0.3) is 10.7 Å². The standard InChI is InChI=1S/C4H2N4S/c1-2-5-4-3(1)9-8-7-6-4/h1-2H. The van der Waals surface area contributed by atoms with Gasteiger partial charge in [0, 0.05) is 6.20 Å². The predicted octanol–water partition coefficient (Wildman–Crippen LogP) is 0.433. The molecule has 4 nitrogen and oxygen atoms in total. The van der Waals surface area contributed by atoms with E-state index in [0.29, 0.717) is 5.82 Å². The highest BCUT2D eigenvalue weighted by Crippen LogP contribution is 2.17.